The Kier molecular flexibility index (Phi) is 15.3. The minimum Gasteiger partial charge on any atom is -0.505 e. The monoisotopic (exact) mass is 1090 g/mol. The number of phenols is 2. The Morgan fingerprint density at radius 2 is 0.765 bits per heavy atom. The molecule has 0 aliphatic heterocycles. The summed E-state index contributed by atoms with van der Waals surface area (Å²) in [5.74, 6) is -2.91. The molecule has 0 spiro atoms. The second-order valence-corrected chi connectivity index (χ2v) is 19.9. The number of hydrogen-bond donors (Lipinski definition) is 6. The highest BCUT2D eigenvalue weighted by Crippen LogP contribution is 2.43. The van der Waals surface area contributed by atoms with Crippen LogP contribution >= 0.6 is 0 Å². The normalized spacial score (nSPS) is 11.4. The maximum atomic E-state index is 14.3. The zero-order valence-corrected chi connectivity index (χ0v) is 43.8. The lowest BCUT2D eigenvalue weighted by atomic mass is 10.0. The van der Waals surface area contributed by atoms with Crippen LogP contribution in [0.2, 0.25) is 0 Å². The van der Waals surface area contributed by atoms with Gasteiger partial charge >= 0.3 is 0 Å². The highest BCUT2D eigenvalue weighted by molar-refractivity contribution is 7.91. The van der Waals surface area contributed by atoms with Gasteiger partial charge in [0.1, 0.15) is 34.2 Å². The molecule has 10 aromatic carbocycles. The average Bonchev–Trinajstić information content (AvgIpc) is 3.51. The molecule has 0 saturated carbocycles. The number of azo groups is 2. The molecule has 0 heterocycles. The van der Waals surface area contributed by atoms with Gasteiger partial charge in [-0.3, -0.25) is 19.2 Å². The summed E-state index contributed by atoms with van der Waals surface area (Å²) in [5, 5.41) is 53.8. The van der Waals surface area contributed by atoms with Crippen molar-refractivity contribution in [3.05, 3.63) is 229 Å². The predicted octanol–water partition coefficient (Wildman–Crippen LogP) is 14.1. The number of nitrogens with zero attached hydrogens (tertiary/aromatic N) is 4. The molecule has 19 heteroatoms. The molecule has 0 saturated heterocycles. The Morgan fingerprint density at radius 1 is 0.395 bits per heavy atom. The topological polar surface area (TPSA) is 259 Å². The summed E-state index contributed by atoms with van der Waals surface area (Å²) >= 11 is 0. The van der Waals surface area contributed by atoms with E-state index in [1.54, 1.807) is 121 Å². The lowest BCUT2D eigenvalue weighted by Crippen LogP contribution is -2.13. The zero-order chi connectivity index (χ0) is 56.6. The highest BCUT2D eigenvalue weighted by Gasteiger charge is 2.24. The number of aromatic hydroxyl groups is 2. The summed E-state index contributed by atoms with van der Waals surface area (Å²) in [6.07, 6.45) is 0. The van der Waals surface area contributed by atoms with E-state index in [2.05, 4.69) is 41.7 Å². The SMILES string of the molecule is COc1ccc(C(=O)Nc2ccccc2)cc1N=Nc1c(O)c(C(=O)Nc2cccc(S(=O)(=O)c3cccc(NC(=O)c4cc5ccccc5c(N=Nc5cc(C(=O)Nc6ccccc6)ccc5OC)c4O)c3)c2)cc2ccccc12. The van der Waals surface area contributed by atoms with E-state index >= 15 is 0 Å². The first-order valence-electron chi connectivity index (χ1n) is 24.8. The average molecular weight is 1100 g/mol. The maximum absolute atomic E-state index is 14.3. The fraction of sp³-hybridized carbons (Fsp3) is 0.0323. The Morgan fingerprint density at radius 3 is 1.17 bits per heavy atom. The molecule has 0 bridgehead atoms. The van der Waals surface area contributed by atoms with Crippen molar-refractivity contribution < 1.29 is 47.3 Å². The van der Waals surface area contributed by atoms with Crippen molar-refractivity contribution in [2.45, 2.75) is 9.79 Å². The van der Waals surface area contributed by atoms with Crippen molar-refractivity contribution in [3.63, 3.8) is 0 Å². The second kappa shape index (κ2) is 23.3. The van der Waals surface area contributed by atoms with Crippen LogP contribution in [0, 0.1) is 0 Å². The van der Waals surface area contributed by atoms with E-state index in [9.17, 15) is 37.8 Å². The van der Waals surface area contributed by atoms with E-state index in [0.717, 1.165) is 0 Å². The first kappa shape index (κ1) is 53.4. The number of nitrogens with one attached hydrogen (secondary N) is 4. The molecule has 0 aliphatic rings. The number of hydrogen-bond acceptors (Lipinski definition) is 14. The third-order valence-corrected chi connectivity index (χ3v) is 14.5. The summed E-state index contributed by atoms with van der Waals surface area (Å²) in [6, 6.07) is 54.7. The number of fused-ring (bicyclic) bond motifs is 2. The molecule has 0 aromatic heterocycles. The Labute approximate surface area is 463 Å². The number of amides is 4. The number of carbonyl (C=O) groups is 4. The van der Waals surface area contributed by atoms with Gasteiger partial charge in [-0.25, -0.2) is 8.42 Å². The van der Waals surface area contributed by atoms with Gasteiger partial charge in [-0.2, -0.15) is 0 Å². The summed E-state index contributed by atoms with van der Waals surface area (Å²) in [6.45, 7) is 0. The minimum absolute atomic E-state index is 0.0599. The van der Waals surface area contributed by atoms with E-state index < -0.39 is 45.0 Å². The predicted molar refractivity (Wildman–Crippen MR) is 309 cm³/mol. The Balaban J connectivity index is 0.877. The van der Waals surface area contributed by atoms with E-state index in [0.29, 0.717) is 32.9 Å². The molecule has 0 atom stereocenters. The first-order valence-corrected chi connectivity index (χ1v) is 26.3. The number of methoxy groups -OCH3 is 2. The maximum Gasteiger partial charge on any atom is 0.259 e. The second-order valence-electron chi connectivity index (χ2n) is 18.0. The molecule has 0 radical (unpaired) electrons. The molecule has 10 rings (SSSR count). The molecule has 10 aromatic rings. The van der Waals surface area contributed by atoms with Crippen molar-refractivity contribution in [2.75, 3.05) is 35.5 Å². The van der Waals surface area contributed by atoms with Crippen LogP contribution in [0.1, 0.15) is 41.4 Å². The fourth-order valence-electron chi connectivity index (χ4n) is 8.67. The van der Waals surface area contributed by atoms with Gasteiger partial charge in [-0.1, -0.05) is 97.1 Å². The Bertz CT molecular complexity index is 4020. The minimum atomic E-state index is -4.33. The molecule has 4 amide bonds. The van der Waals surface area contributed by atoms with Crippen molar-refractivity contribution in [3.8, 4) is 23.0 Å². The smallest absolute Gasteiger partial charge is 0.259 e. The molecule has 0 unspecified atom stereocenters. The lowest BCUT2D eigenvalue weighted by molar-refractivity contribution is 0.101. The largest absolute Gasteiger partial charge is 0.505 e. The number of para-hydroxylation sites is 2. The fourth-order valence-corrected chi connectivity index (χ4v) is 10.0. The van der Waals surface area contributed by atoms with E-state index in [4.69, 9.17) is 9.47 Å². The molecule has 18 nitrogen and oxygen atoms in total. The van der Waals surface area contributed by atoms with Gasteiger partial charge in [0.15, 0.2) is 11.5 Å². The number of anilines is 4. The number of ether oxygens (including phenoxy) is 2. The van der Waals surface area contributed by atoms with Gasteiger partial charge in [0.25, 0.3) is 23.6 Å². The third-order valence-electron chi connectivity index (χ3n) is 12.7. The van der Waals surface area contributed by atoms with Crippen LogP contribution in [0.3, 0.4) is 0 Å². The number of carbonyl (C=O) groups excluding carboxylic acids is 4. The molecule has 81 heavy (non-hydrogen) atoms. The lowest BCUT2D eigenvalue weighted by Gasteiger charge is -2.13. The highest BCUT2D eigenvalue weighted by atomic mass is 32.2. The number of benzene rings is 10. The van der Waals surface area contributed by atoms with Crippen LogP contribution in [-0.4, -0.2) is 56.5 Å². The third kappa shape index (κ3) is 11.6. The van der Waals surface area contributed by atoms with Crippen LogP contribution in [0.25, 0.3) is 21.5 Å². The van der Waals surface area contributed by atoms with Gasteiger partial charge < -0.3 is 41.0 Å². The molecular weight excluding hydrogens is 1050 g/mol. The number of rotatable bonds is 16. The Hall–Kier alpha value is -11.1. The number of sulfone groups is 1. The molecule has 400 valence electrons. The van der Waals surface area contributed by atoms with Gasteiger partial charge in [0, 0.05) is 44.6 Å². The van der Waals surface area contributed by atoms with Crippen LogP contribution in [-0.2, 0) is 9.84 Å². The van der Waals surface area contributed by atoms with E-state index in [-0.39, 0.29) is 77.7 Å². The van der Waals surface area contributed by atoms with Gasteiger partial charge in [0.2, 0.25) is 9.84 Å². The van der Waals surface area contributed by atoms with E-state index in [1.807, 2.05) is 12.1 Å². The summed E-state index contributed by atoms with van der Waals surface area (Å²) in [7, 11) is -1.47. The standard InChI is InChI=1S/C62H46N8O10S/c1-79-53-29-27-39(59(73)63-41-17-5-3-6-18-41)33-51(53)67-69-55-47-25-11-9-15-37(47)31-49(57(55)71)61(75)65-43-21-13-23-45(35-43)81(77,78)46-24-14-22-44(36-46)66-62(76)50-32-38-16-10-12-26-48(38)56(58(50)72)70-68-52-34-40(28-30-54(52)80-2)60(74)64-42-19-7-4-8-20-42/h3-36,71-72H,1-2H3,(H,63,73)(H,64,74)(H,65,75)(H,66,76). The molecule has 0 fully saturated rings. The van der Waals surface area contributed by atoms with Crippen molar-refractivity contribution in [1.29, 1.82) is 0 Å². The summed E-state index contributed by atoms with van der Waals surface area (Å²) < 4.78 is 39.5. The van der Waals surface area contributed by atoms with Crippen molar-refractivity contribution in [2.24, 2.45) is 20.5 Å². The van der Waals surface area contributed by atoms with Gasteiger partial charge in [-0.15, -0.1) is 20.5 Å². The first-order chi connectivity index (χ1) is 39.3. The molecule has 6 N–H and O–H groups in total. The zero-order valence-electron chi connectivity index (χ0n) is 43.0. The summed E-state index contributed by atoms with van der Waals surface area (Å²) in [4.78, 5) is 54.0. The van der Waals surface area contributed by atoms with Gasteiger partial charge in [-0.05, 0) is 120 Å². The van der Waals surface area contributed by atoms with Crippen molar-refractivity contribution >= 4 is 101 Å². The van der Waals surface area contributed by atoms with Crippen LogP contribution in [0.15, 0.2) is 237 Å². The van der Waals surface area contributed by atoms with Crippen LogP contribution < -0.4 is 30.7 Å². The van der Waals surface area contributed by atoms with Crippen LogP contribution in [0.5, 0.6) is 23.0 Å². The van der Waals surface area contributed by atoms with Crippen LogP contribution in [0.4, 0.5) is 45.5 Å². The molecule has 0 aliphatic carbocycles. The summed E-state index contributed by atoms with van der Waals surface area (Å²) in [5.41, 5.74) is 1.61. The van der Waals surface area contributed by atoms with Crippen molar-refractivity contribution in [1.82, 2.24) is 0 Å². The van der Waals surface area contributed by atoms with Gasteiger partial charge in [0.05, 0.1) is 35.1 Å². The number of phenolic OH excluding ortho intramolecular Hbond substituents is 2. The molecular formula is C62H46N8O10S. The van der Waals surface area contributed by atoms with E-state index in [1.165, 1.54) is 87.0 Å². The quantitative estimate of drug-likeness (QED) is 0.0499.